The van der Waals surface area contributed by atoms with E-state index in [1.165, 1.54) is 19.3 Å². The summed E-state index contributed by atoms with van der Waals surface area (Å²) in [4.78, 5) is 35.3. The van der Waals surface area contributed by atoms with Gasteiger partial charge in [0.2, 0.25) is 0 Å². The summed E-state index contributed by atoms with van der Waals surface area (Å²) >= 11 is 0. The molecule has 1 saturated heterocycles. The summed E-state index contributed by atoms with van der Waals surface area (Å²) in [7, 11) is 0. The van der Waals surface area contributed by atoms with Gasteiger partial charge in [-0.15, -0.1) is 0 Å². The number of ether oxygens (including phenoxy) is 1. The monoisotopic (exact) mass is 301 g/mol. The van der Waals surface area contributed by atoms with Crippen LogP contribution in [0.1, 0.15) is 26.2 Å². The number of carboxylic acids is 1. The fourth-order valence-corrected chi connectivity index (χ4v) is 2.17. The lowest BCUT2D eigenvalue weighted by molar-refractivity contribution is -0.143. The van der Waals surface area contributed by atoms with Crippen molar-refractivity contribution in [3.63, 3.8) is 0 Å². The molecule has 1 unspecified atom stereocenters. The number of hydrogen-bond acceptors (Lipinski definition) is 5. The molecule has 1 aliphatic rings. The van der Waals surface area contributed by atoms with E-state index >= 15 is 0 Å². The van der Waals surface area contributed by atoms with E-state index < -0.39 is 31.1 Å². The fraction of sp³-hybridized carbons (Fsp3) is 0.769. The lowest BCUT2D eigenvalue weighted by Crippen LogP contribution is -2.48. The first-order valence-electron chi connectivity index (χ1n) is 7.10. The minimum absolute atomic E-state index is 0.217. The molecule has 1 aliphatic heterocycles. The van der Waals surface area contributed by atoms with Crippen molar-refractivity contribution in [2.24, 2.45) is 0 Å². The molecule has 0 aromatic carbocycles. The van der Waals surface area contributed by atoms with Crippen LogP contribution in [0.2, 0.25) is 0 Å². The highest BCUT2D eigenvalue weighted by Gasteiger charge is 2.17. The number of carbonyl (C=O) groups excluding carboxylic acids is 2. The van der Waals surface area contributed by atoms with Crippen molar-refractivity contribution < 1.29 is 24.2 Å². The average molecular weight is 301 g/mol. The standard InChI is InChI=1S/C13H23N3O5/c1-10(16-5-3-2-4-6-16)7-14-13(20)15-11(17)8-21-9-12(18)19/h10H,2-9H2,1H3,(H,18,19)(H2,14,15,17,20). The molecule has 120 valence electrons. The molecule has 0 spiro atoms. The number of nitrogens with one attached hydrogen (secondary N) is 2. The zero-order chi connectivity index (χ0) is 15.7. The Morgan fingerprint density at radius 2 is 1.86 bits per heavy atom. The average Bonchev–Trinajstić information content (AvgIpc) is 2.45. The van der Waals surface area contributed by atoms with Crippen molar-refractivity contribution in [2.75, 3.05) is 32.8 Å². The maximum Gasteiger partial charge on any atom is 0.329 e. The highest BCUT2D eigenvalue weighted by Crippen LogP contribution is 2.11. The van der Waals surface area contributed by atoms with Gasteiger partial charge in [0, 0.05) is 12.6 Å². The van der Waals surface area contributed by atoms with Gasteiger partial charge in [0.1, 0.15) is 13.2 Å². The van der Waals surface area contributed by atoms with E-state index in [0.29, 0.717) is 6.54 Å². The van der Waals surface area contributed by atoms with E-state index in [9.17, 15) is 14.4 Å². The number of piperidine rings is 1. The van der Waals surface area contributed by atoms with E-state index in [4.69, 9.17) is 5.11 Å². The molecule has 0 aromatic heterocycles. The second-order valence-electron chi connectivity index (χ2n) is 5.09. The highest BCUT2D eigenvalue weighted by molar-refractivity contribution is 5.94. The SMILES string of the molecule is CC(CNC(=O)NC(=O)COCC(=O)O)N1CCCCC1. The minimum atomic E-state index is -1.16. The Labute approximate surface area is 123 Å². The van der Waals surface area contributed by atoms with Gasteiger partial charge in [0.15, 0.2) is 0 Å². The Kier molecular flexibility index (Phi) is 7.70. The molecular formula is C13H23N3O5. The Morgan fingerprint density at radius 3 is 2.48 bits per heavy atom. The van der Waals surface area contributed by atoms with E-state index in [1.54, 1.807) is 0 Å². The number of carbonyl (C=O) groups is 3. The number of aliphatic carboxylic acids is 1. The normalized spacial score (nSPS) is 17.0. The van der Waals surface area contributed by atoms with Crippen LogP contribution in [0.4, 0.5) is 4.79 Å². The van der Waals surface area contributed by atoms with E-state index in [2.05, 4.69) is 20.3 Å². The molecule has 1 rings (SSSR count). The summed E-state index contributed by atoms with van der Waals surface area (Å²) in [6.07, 6.45) is 3.61. The molecule has 0 aromatic rings. The van der Waals surface area contributed by atoms with Gasteiger partial charge in [-0.1, -0.05) is 6.42 Å². The minimum Gasteiger partial charge on any atom is -0.480 e. The van der Waals surface area contributed by atoms with Gasteiger partial charge >= 0.3 is 12.0 Å². The molecule has 0 radical (unpaired) electrons. The molecule has 1 atom stereocenters. The molecule has 0 saturated carbocycles. The van der Waals surface area contributed by atoms with Crippen LogP contribution in [0.15, 0.2) is 0 Å². The molecule has 8 nitrogen and oxygen atoms in total. The first kappa shape index (κ1) is 17.4. The second-order valence-corrected chi connectivity index (χ2v) is 5.09. The van der Waals surface area contributed by atoms with Crippen molar-refractivity contribution in [3.8, 4) is 0 Å². The van der Waals surface area contributed by atoms with Gasteiger partial charge in [-0.3, -0.25) is 15.0 Å². The van der Waals surface area contributed by atoms with Gasteiger partial charge in [0.25, 0.3) is 5.91 Å². The summed E-state index contributed by atoms with van der Waals surface area (Å²) in [5, 5.41) is 13.0. The lowest BCUT2D eigenvalue weighted by atomic mass is 10.1. The molecule has 3 N–H and O–H groups in total. The molecule has 1 fully saturated rings. The largest absolute Gasteiger partial charge is 0.480 e. The molecule has 0 aliphatic carbocycles. The predicted molar refractivity (Wildman–Crippen MR) is 74.9 cm³/mol. The topological polar surface area (TPSA) is 108 Å². The van der Waals surface area contributed by atoms with Gasteiger partial charge < -0.3 is 15.2 Å². The number of carboxylic acid groups (broad SMARTS) is 1. The van der Waals surface area contributed by atoms with Crippen molar-refractivity contribution in [1.82, 2.24) is 15.5 Å². The maximum atomic E-state index is 11.5. The van der Waals surface area contributed by atoms with Gasteiger partial charge in [-0.25, -0.2) is 9.59 Å². The van der Waals surface area contributed by atoms with E-state index in [0.717, 1.165) is 13.1 Å². The van der Waals surface area contributed by atoms with Crippen LogP contribution in [0, 0.1) is 0 Å². The zero-order valence-electron chi connectivity index (χ0n) is 12.3. The summed E-state index contributed by atoms with van der Waals surface area (Å²) in [5.74, 6) is -1.83. The predicted octanol–water partition coefficient (Wildman–Crippen LogP) is -0.212. The van der Waals surface area contributed by atoms with Crippen LogP contribution >= 0.6 is 0 Å². The van der Waals surface area contributed by atoms with Crippen LogP contribution in [-0.2, 0) is 14.3 Å². The van der Waals surface area contributed by atoms with Crippen molar-refractivity contribution in [2.45, 2.75) is 32.2 Å². The summed E-state index contributed by atoms with van der Waals surface area (Å²) in [5.41, 5.74) is 0. The van der Waals surface area contributed by atoms with E-state index in [-0.39, 0.29) is 6.04 Å². The number of nitrogens with zero attached hydrogens (tertiary/aromatic N) is 1. The summed E-state index contributed by atoms with van der Waals surface area (Å²) < 4.78 is 4.58. The summed E-state index contributed by atoms with van der Waals surface area (Å²) in [6.45, 7) is 3.53. The third-order valence-corrected chi connectivity index (χ3v) is 3.28. The third-order valence-electron chi connectivity index (χ3n) is 3.28. The van der Waals surface area contributed by atoms with Crippen LogP contribution in [0.5, 0.6) is 0 Å². The Bertz CT molecular complexity index is 369. The smallest absolute Gasteiger partial charge is 0.329 e. The third kappa shape index (κ3) is 7.62. The number of rotatable bonds is 7. The molecular weight excluding hydrogens is 278 g/mol. The number of hydrogen-bond donors (Lipinski definition) is 3. The quantitative estimate of drug-likeness (QED) is 0.600. The molecule has 3 amide bonds. The Hall–Kier alpha value is -1.67. The van der Waals surface area contributed by atoms with Crippen molar-refractivity contribution >= 4 is 17.9 Å². The van der Waals surface area contributed by atoms with Gasteiger partial charge in [-0.05, 0) is 32.9 Å². The lowest BCUT2D eigenvalue weighted by Gasteiger charge is -2.32. The first-order valence-corrected chi connectivity index (χ1v) is 7.10. The zero-order valence-corrected chi connectivity index (χ0v) is 12.3. The van der Waals surface area contributed by atoms with Crippen LogP contribution in [0.25, 0.3) is 0 Å². The van der Waals surface area contributed by atoms with Crippen LogP contribution < -0.4 is 10.6 Å². The molecule has 8 heteroatoms. The van der Waals surface area contributed by atoms with Crippen molar-refractivity contribution in [3.05, 3.63) is 0 Å². The highest BCUT2D eigenvalue weighted by atomic mass is 16.5. The van der Waals surface area contributed by atoms with Crippen molar-refractivity contribution in [1.29, 1.82) is 0 Å². The van der Waals surface area contributed by atoms with E-state index in [1.807, 2.05) is 6.92 Å². The molecule has 1 heterocycles. The number of likely N-dealkylation sites (tertiary alicyclic amines) is 1. The number of amides is 3. The Balaban J connectivity index is 2.14. The maximum absolute atomic E-state index is 11.5. The second kappa shape index (κ2) is 9.30. The first-order chi connectivity index (χ1) is 9.99. The summed E-state index contributed by atoms with van der Waals surface area (Å²) in [6, 6.07) is -0.378. The fourth-order valence-electron chi connectivity index (χ4n) is 2.17. The number of urea groups is 1. The molecule has 0 bridgehead atoms. The van der Waals surface area contributed by atoms with Crippen LogP contribution in [-0.4, -0.2) is 66.8 Å². The Morgan fingerprint density at radius 1 is 1.19 bits per heavy atom. The van der Waals surface area contributed by atoms with Crippen LogP contribution in [0.3, 0.4) is 0 Å². The number of imide groups is 1. The molecule has 21 heavy (non-hydrogen) atoms. The van der Waals surface area contributed by atoms with Gasteiger partial charge in [0.05, 0.1) is 0 Å². The van der Waals surface area contributed by atoms with Gasteiger partial charge in [-0.2, -0.15) is 0 Å².